The van der Waals surface area contributed by atoms with Gasteiger partial charge in [0.2, 0.25) is 0 Å². The molecular formula is C17H20ClNO4. The van der Waals surface area contributed by atoms with Crippen LogP contribution >= 0.6 is 12.4 Å². The summed E-state index contributed by atoms with van der Waals surface area (Å²) in [6, 6.07) is 14.9. The van der Waals surface area contributed by atoms with Crippen LogP contribution in [0.3, 0.4) is 0 Å². The number of carbonyl (C=O) groups is 1. The summed E-state index contributed by atoms with van der Waals surface area (Å²) < 4.78 is 10.2. The van der Waals surface area contributed by atoms with Crippen molar-refractivity contribution in [2.45, 2.75) is 18.8 Å². The van der Waals surface area contributed by atoms with E-state index in [1.807, 2.05) is 30.3 Å². The summed E-state index contributed by atoms with van der Waals surface area (Å²) in [6.07, 6.45) is -1.13. The summed E-state index contributed by atoms with van der Waals surface area (Å²) in [4.78, 5) is 11.9. The molecule has 0 saturated carbocycles. The fourth-order valence-electron chi connectivity index (χ4n) is 1.96. The van der Waals surface area contributed by atoms with E-state index in [0.29, 0.717) is 11.3 Å². The van der Waals surface area contributed by atoms with Gasteiger partial charge in [-0.1, -0.05) is 42.5 Å². The minimum absolute atomic E-state index is 0. The molecule has 0 aliphatic rings. The number of esters is 1. The third-order valence-electron chi connectivity index (χ3n) is 3.29. The molecule has 2 aromatic carbocycles. The minimum Gasteiger partial charge on any atom is -0.497 e. The Kier molecular flexibility index (Phi) is 7.54. The van der Waals surface area contributed by atoms with Gasteiger partial charge in [-0.3, -0.25) is 4.79 Å². The van der Waals surface area contributed by atoms with Gasteiger partial charge in [-0.25, -0.2) is 0 Å². The summed E-state index contributed by atoms with van der Waals surface area (Å²) in [5.41, 5.74) is 7.17. The Morgan fingerprint density at radius 1 is 1.13 bits per heavy atom. The van der Waals surface area contributed by atoms with Crippen LogP contribution in [0.5, 0.6) is 5.75 Å². The zero-order valence-electron chi connectivity index (χ0n) is 12.7. The first-order valence-corrected chi connectivity index (χ1v) is 6.90. The van der Waals surface area contributed by atoms with Crippen molar-refractivity contribution in [1.29, 1.82) is 0 Å². The standard InChI is InChI=1S/C17H19NO4.ClH/c1-21-14-9-7-13(8-10-14)16(19)15(18)17(20)22-11-12-5-3-2-4-6-12;/h2-10,15-16,19H,11,18H2,1H3;1H/t15-,16+;/m0./s1. The van der Waals surface area contributed by atoms with Gasteiger partial charge < -0.3 is 20.3 Å². The maximum Gasteiger partial charge on any atom is 0.326 e. The Hall–Kier alpha value is -2.08. The molecule has 3 N–H and O–H groups in total. The van der Waals surface area contributed by atoms with E-state index >= 15 is 0 Å². The van der Waals surface area contributed by atoms with Crippen molar-refractivity contribution in [3.8, 4) is 5.75 Å². The van der Waals surface area contributed by atoms with Crippen LogP contribution in [0.25, 0.3) is 0 Å². The van der Waals surface area contributed by atoms with E-state index in [1.54, 1.807) is 31.4 Å². The van der Waals surface area contributed by atoms with Gasteiger partial charge in [0.1, 0.15) is 24.5 Å². The molecule has 2 atom stereocenters. The molecule has 0 heterocycles. The van der Waals surface area contributed by atoms with Crippen LogP contribution in [0, 0.1) is 0 Å². The molecule has 5 nitrogen and oxygen atoms in total. The number of hydrogen-bond donors (Lipinski definition) is 2. The number of carbonyl (C=O) groups excluding carboxylic acids is 1. The van der Waals surface area contributed by atoms with Crippen LogP contribution in [-0.2, 0) is 16.1 Å². The molecule has 0 bridgehead atoms. The average molecular weight is 338 g/mol. The largest absolute Gasteiger partial charge is 0.497 e. The zero-order valence-corrected chi connectivity index (χ0v) is 13.5. The Bertz CT molecular complexity index is 604. The van der Waals surface area contributed by atoms with Crippen molar-refractivity contribution in [2.24, 2.45) is 5.73 Å². The second-order valence-corrected chi connectivity index (χ2v) is 4.84. The van der Waals surface area contributed by atoms with Gasteiger partial charge in [-0.15, -0.1) is 12.4 Å². The molecule has 0 radical (unpaired) electrons. The monoisotopic (exact) mass is 337 g/mol. The van der Waals surface area contributed by atoms with Gasteiger partial charge in [0.15, 0.2) is 0 Å². The van der Waals surface area contributed by atoms with Crippen LogP contribution in [0.1, 0.15) is 17.2 Å². The van der Waals surface area contributed by atoms with Crippen molar-refractivity contribution in [2.75, 3.05) is 7.11 Å². The highest BCUT2D eigenvalue weighted by molar-refractivity contribution is 5.85. The van der Waals surface area contributed by atoms with Crippen LogP contribution in [0.4, 0.5) is 0 Å². The molecule has 0 aliphatic carbocycles. The summed E-state index contributed by atoms with van der Waals surface area (Å²) in [5.74, 6) is 0.0170. The highest BCUT2D eigenvalue weighted by Gasteiger charge is 2.25. The molecule has 0 amide bonds. The summed E-state index contributed by atoms with van der Waals surface area (Å²) >= 11 is 0. The van der Waals surface area contributed by atoms with E-state index in [2.05, 4.69) is 0 Å². The molecule has 0 spiro atoms. The van der Waals surface area contributed by atoms with Crippen molar-refractivity contribution in [3.63, 3.8) is 0 Å². The highest BCUT2D eigenvalue weighted by atomic mass is 35.5. The third kappa shape index (κ3) is 5.25. The molecule has 0 aliphatic heterocycles. The van der Waals surface area contributed by atoms with E-state index in [1.165, 1.54) is 0 Å². The van der Waals surface area contributed by atoms with E-state index in [9.17, 15) is 9.90 Å². The molecule has 6 heteroatoms. The Labute approximate surface area is 141 Å². The summed E-state index contributed by atoms with van der Waals surface area (Å²) in [7, 11) is 1.55. The number of hydrogen-bond acceptors (Lipinski definition) is 5. The number of halogens is 1. The van der Waals surface area contributed by atoms with E-state index in [4.69, 9.17) is 15.2 Å². The van der Waals surface area contributed by atoms with Crippen molar-refractivity contribution < 1.29 is 19.4 Å². The van der Waals surface area contributed by atoms with E-state index in [-0.39, 0.29) is 19.0 Å². The van der Waals surface area contributed by atoms with Crippen LogP contribution in [-0.4, -0.2) is 24.2 Å². The van der Waals surface area contributed by atoms with Crippen LogP contribution in [0.15, 0.2) is 54.6 Å². The van der Waals surface area contributed by atoms with Gasteiger partial charge >= 0.3 is 5.97 Å². The number of rotatable bonds is 6. The predicted molar refractivity (Wildman–Crippen MR) is 89.4 cm³/mol. The van der Waals surface area contributed by atoms with E-state index in [0.717, 1.165) is 5.56 Å². The van der Waals surface area contributed by atoms with E-state index < -0.39 is 18.1 Å². The molecule has 2 aromatic rings. The second-order valence-electron chi connectivity index (χ2n) is 4.84. The molecular weight excluding hydrogens is 318 g/mol. The zero-order chi connectivity index (χ0) is 15.9. The normalized spacial score (nSPS) is 12.7. The average Bonchev–Trinajstić information content (AvgIpc) is 2.59. The number of benzene rings is 2. The number of ether oxygens (including phenoxy) is 2. The highest BCUT2D eigenvalue weighted by Crippen LogP contribution is 2.20. The first-order valence-electron chi connectivity index (χ1n) is 6.90. The number of methoxy groups -OCH3 is 1. The fraction of sp³-hybridized carbons (Fsp3) is 0.235. The summed E-state index contributed by atoms with van der Waals surface area (Å²) in [6.45, 7) is 0.128. The maximum absolute atomic E-state index is 11.9. The molecule has 0 saturated heterocycles. The number of aliphatic hydroxyl groups is 1. The number of aliphatic hydroxyl groups excluding tert-OH is 1. The van der Waals surface area contributed by atoms with Gasteiger partial charge in [0.05, 0.1) is 7.11 Å². The first kappa shape index (κ1) is 19.0. The molecule has 0 aromatic heterocycles. The molecule has 0 fully saturated rings. The molecule has 23 heavy (non-hydrogen) atoms. The molecule has 124 valence electrons. The summed E-state index contributed by atoms with van der Waals surface area (Å²) in [5, 5.41) is 10.2. The maximum atomic E-state index is 11.9. The topological polar surface area (TPSA) is 81.8 Å². The van der Waals surface area contributed by atoms with Gasteiger partial charge in [0, 0.05) is 0 Å². The van der Waals surface area contributed by atoms with Crippen molar-refractivity contribution in [3.05, 3.63) is 65.7 Å². The quantitative estimate of drug-likeness (QED) is 0.790. The lowest BCUT2D eigenvalue weighted by Crippen LogP contribution is -2.38. The Morgan fingerprint density at radius 2 is 1.74 bits per heavy atom. The smallest absolute Gasteiger partial charge is 0.326 e. The van der Waals surface area contributed by atoms with Gasteiger partial charge in [0.25, 0.3) is 0 Å². The van der Waals surface area contributed by atoms with Gasteiger partial charge in [-0.2, -0.15) is 0 Å². The second kappa shape index (κ2) is 9.15. The molecule has 2 rings (SSSR count). The first-order chi connectivity index (χ1) is 10.6. The van der Waals surface area contributed by atoms with Crippen LogP contribution in [0.2, 0.25) is 0 Å². The van der Waals surface area contributed by atoms with Crippen molar-refractivity contribution in [1.82, 2.24) is 0 Å². The minimum atomic E-state index is -1.14. The third-order valence-corrected chi connectivity index (χ3v) is 3.29. The lowest BCUT2D eigenvalue weighted by Gasteiger charge is -2.18. The lowest BCUT2D eigenvalue weighted by molar-refractivity contribution is -0.149. The molecule has 0 unspecified atom stereocenters. The Balaban J connectivity index is 0.00000264. The SMILES string of the molecule is COc1ccc([C@@H](O)[C@H](N)C(=O)OCc2ccccc2)cc1.Cl. The number of nitrogens with two attached hydrogens (primary N) is 1. The van der Waals surface area contributed by atoms with Gasteiger partial charge in [-0.05, 0) is 23.3 Å². The van der Waals surface area contributed by atoms with Crippen molar-refractivity contribution >= 4 is 18.4 Å². The fourth-order valence-corrected chi connectivity index (χ4v) is 1.96. The van der Waals surface area contributed by atoms with Crippen LogP contribution < -0.4 is 10.5 Å². The predicted octanol–water partition coefficient (Wildman–Crippen LogP) is 2.22. The Morgan fingerprint density at radius 3 is 2.30 bits per heavy atom. The lowest BCUT2D eigenvalue weighted by atomic mass is 10.0.